The first kappa shape index (κ1) is 11.5. The van der Waals surface area contributed by atoms with Crippen molar-refractivity contribution in [3.05, 3.63) is 0 Å². The molecular weight excluding hydrogens is 157 g/mol. The summed E-state index contributed by atoms with van der Waals surface area (Å²) in [5.74, 6) is -0.836. The fourth-order valence-electron chi connectivity index (χ4n) is 0.837. The van der Waals surface area contributed by atoms with Gasteiger partial charge in [-0.05, 0) is 6.42 Å². The van der Waals surface area contributed by atoms with Crippen LogP contribution in [0.1, 0.15) is 26.2 Å². The Morgan fingerprint density at radius 2 is 2.42 bits per heavy atom. The fraction of sp³-hybridized carbons (Fsp3) is 0.857. The zero-order valence-electron chi connectivity index (χ0n) is 7.54. The van der Waals surface area contributed by atoms with Crippen LogP contribution in [0.4, 0.5) is 0 Å². The van der Waals surface area contributed by atoms with Crippen molar-refractivity contribution in [3.8, 4) is 0 Å². The number of carboxylic acid groups (broad SMARTS) is 1. The van der Waals surface area contributed by atoms with Crippen LogP contribution in [-0.2, 0) is 9.45 Å². The maximum atomic E-state index is 10.6. The summed E-state index contributed by atoms with van der Waals surface area (Å²) in [7, 11) is 2.78. The Hall–Kier alpha value is -0.545. The average Bonchev–Trinajstić information content (AvgIpc) is 2.04. The molecule has 0 aromatic heterocycles. The van der Waals surface area contributed by atoms with Gasteiger partial charge in [0.15, 0.2) is 0 Å². The van der Waals surface area contributed by atoms with E-state index in [0.717, 1.165) is 12.8 Å². The van der Waals surface area contributed by atoms with Gasteiger partial charge in [-0.1, -0.05) is 19.8 Å². The number of hydrogen-bond donors (Lipinski definition) is 2. The van der Waals surface area contributed by atoms with Gasteiger partial charge < -0.3 is 15.0 Å². The maximum absolute atomic E-state index is 10.6. The highest BCUT2D eigenvalue weighted by molar-refractivity contribution is 6.24. The van der Waals surface area contributed by atoms with Crippen molar-refractivity contribution in [2.45, 2.75) is 32.2 Å². The first-order valence-corrected chi connectivity index (χ1v) is 4.05. The Kier molecular flexibility index (Phi) is 6.80. The topological polar surface area (TPSA) is 58.6 Å². The molecule has 2 N–H and O–H groups in total. The summed E-state index contributed by atoms with van der Waals surface area (Å²) in [6.45, 7) is 2.03. The van der Waals surface area contributed by atoms with Crippen molar-refractivity contribution in [1.29, 1.82) is 0 Å². The van der Waals surface area contributed by atoms with E-state index < -0.39 is 12.0 Å². The summed E-state index contributed by atoms with van der Waals surface area (Å²) in [4.78, 5) is 10.6. The van der Waals surface area contributed by atoms with Gasteiger partial charge >= 0.3 is 13.6 Å². The molecule has 0 aromatic rings. The summed E-state index contributed by atoms with van der Waals surface area (Å²) in [6.07, 6.45) is 2.53. The Morgan fingerprint density at radius 1 is 1.75 bits per heavy atom. The Bertz CT molecular complexity index is 124. The van der Waals surface area contributed by atoms with Crippen LogP contribution >= 0.6 is 0 Å². The first-order chi connectivity index (χ1) is 5.72. The van der Waals surface area contributed by atoms with Crippen LogP contribution in [0.2, 0.25) is 0 Å². The van der Waals surface area contributed by atoms with Crippen molar-refractivity contribution in [2.24, 2.45) is 0 Å². The van der Waals surface area contributed by atoms with E-state index in [9.17, 15) is 4.79 Å². The van der Waals surface area contributed by atoms with Gasteiger partial charge in [-0.3, -0.25) is 4.79 Å². The molecule has 1 atom stereocenters. The maximum Gasteiger partial charge on any atom is 0.396 e. The van der Waals surface area contributed by atoms with Crippen LogP contribution < -0.4 is 5.23 Å². The third kappa shape index (κ3) is 5.15. The molecule has 0 spiro atoms. The molecule has 4 nitrogen and oxygen atoms in total. The van der Waals surface area contributed by atoms with Gasteiger partial charge in [0.1, 0.15) is 0 Å². The molecule has 0 fully saturated rings. The highest BCUT2D eigenvalue weighted by Gasteiger charge is 2.15. The lowest BCUT2D eigenvalue weighted by Gasteiger charge is -2.11. The van der Waals surface area contributed by atoms with Crippen molar-refractivity contribution < 1.29 is 14.6 Å². The standard InChI is InChI=1S/C7H15BNO3/c1-3-4-5-6(7(10)11)9-8-12-2/h6,9H,3-5H2,1-2H3,(H,10,11)/t6-/m0/s1. The van der Waals surface area contributed by atoms with Crippen LogP contribution in [0, 0.1) is 0 Å². The zero-order valence-corrected chi connectivity index (χ0v) is 7.54. The van der Waals surface area contributed by atoms with Gasteiger partial charge in [0.2, 0.25) is 0 Å². The Labute approximate surface area is 73.6 Å². The molecule has 0 saturated heterocycles. The number of unbranched alkanes of at least 4 members (excludes halogenated alkanes) is 1. The summed E-state index contributed by atoms with van der Waals surface area (Å²) in [5, 5.41) is 11.3. The third-order valence-electron chi connectivity index (χ3n) is 1.53. The molecule has 0 aromatic carbocycles. The molecule has 12 heavy (non-hydrogen) atoms. The quantitative estimate of drug-likeness (QED) is 0.545. The molecule has 1 radical (unpaired) electrons. The molecule has 0 aliphatic rings. The molecule has 0 aliphatic heterocycles. The van der Waals surface area contributed by atoms with E-state index in [1.54, 1.807) is 0 Å². The molecule has 5 heteroatoms. The number of rotatable bonds is 7. The zero-order chi connectivity index (χ0) is 9.40. The molecule has 0 bridgehead atoms. The van der Waals surface area contributed by atoms with E-state index in [0.29, 0.717) is 6.42 Å². The monoisotopic (exact) mass is 172 g/mol. The molecule has 0 aliphatic carbocycles. The number of carbonyl (C=O) groups is 1. The van der Waals surface area contributed by atoms with Gasteiger partial charge in [0.25, 0.3) is 0 Å². The molecule has 0 rings (SSSR count). The van der Waals surface area contributed by atoms with Crippen molar-refractivity contribution >= 4 is 13.6 Å². The van der Waals surface area contributed by atoms with E-state index in [-0.39, 0.29) is 0 Å². The number of nitrogens with one attached hydrogen (secondary N) is 1. The van der Waals surface area contributed by atoms with Crippen LogP contribution in [0.3, 0.4) is 0 Å². The van der Waals surface area contributed by atoms with Crippen LogP contribution in [0.15, 0.2) is 0 Å². The largest absolute Gasteiger partial charge is 0.480 e. The minimum atomic E-state index is -0.836. The van der Waals surface area contributed by atoms with Crippen LogP contribution in [-0.4, -0.2) is 31.8 Å². The molecule has 0 heterocycles. The van der Waals surface area contributed by atoms with Gasteiger partial charge in [0.05, 0.1) is 6.04 Å². The summed E-state index contributed by atoms with van der Waals surface area (Å²) < 4.78 is 4.60. The van der Waals surface area contributed by atoms with Crippen molar-refractivity contribution in [1.82, 2.24) is 5.23 Å². The number of carboxylic acids is 1. The average molecular weight is 172 g/mol. The van der Waals surface area contributed by atoms with Gasteiger partial charge in [-0.2, -0.15) is 0 Å². The minimum Gasteiger partial charge on any atom is -0.480 e. The second kappa shape index (κ2) is 7.12. The van der Waals surface area contributed by atoms with E-state index in [4.69, 9.17) is 5.11 Å². The van der Waals surface area contributed by atoms with E-state index in [2.05, 4.69) is 9.88 Å². The molecular formula is C7H15BNO3. The van der Waals surface area contributed by atoms with E-state index in [1.165, 1.54) is 14.7 Å². The number of hydrogen-bond acceptors (Lipinski definition) is 3. The van der Waals surface area contributed by atoms with Gasteiger partial charge in [0, 0.05) is 7.11 Å². The first-order valence-electron chi connectivity index (χ1n) is 4.05. The van der Waals surface area contributed by atoms with E-state index in [1.807, 2.05) is 6.92 Å². The second-order valence-electron chi connectivity index (χ2n) is 2.55. The predicted molar refractivity (Wildman–Crippen MR) is 46.8 cm³/mol. The van der Waals surface area contributed by atoms with Crippen LogP contribution in [0.25, 0.3) is 0 Å². The van der Waals surface area contributed by atoms with Gasteiger partial charge in [-0.15, -0.1) is 0 Å². The smallest absolute Gasteiger partial charge is 0.396 e. The summed E-state index contributed by atoms with van der Waals surface area (Å²) in [6, 6.07) is -0.523. The van der Waals surface area contributed by atoms with Gasteiger partial charge in [-0.25, -0.2) is 0 Å². The van der Waals surface area contributed by atoms with Crippen LogP contribution in [0.5, 0.6) is 0 Å². The Balaban J connectivity index is 3.62. The Morgan fingerprint density at radius 3 is 2.83 bits per heavy atom. The summed E-state index contributed by atoms with van der Waals surface area (Å²) >= 11 is 0. The lowest BCUT2D eigenvalue weighted by atomic mass is 10.1. The molecule has 0 amide bonds. The molecule has 69 valence electrons. The highest BCUT2D eigenvalue weighted by atomic mass is 16.4. The normalized spacial score (nSPS) is 12.5. The molecule has 0 saturated carbocycles. The lowest BCUT2D eigenvalue weighted by molar-refractivity contribution is -0.139. The number of aliphatic carboxylic acids is 1. The second-order valence-corrected chi connectivity index (χ2v) is 2.55. The third-order valence-corrected chi connectivity index (χ3v) is 1.53. The van der Waals surface area contributed by atoms with E-state index >= 15 is 0 Å². The minimum absolute atomic E-state index is 0.523. The SMILES string of the molecule is CCCC[C@H](N[B]OC)C(=O)O. The highest BCUT2D eigenvalue weighted by Crippen LogP contribution is 1.99. The van der Waals surface area contributed by atoms with Crippen molar-refractivity contribution in [2.75, 3.05) is 7.11 Å². The lowest BCUT2D eigenvalue weighted by Crippen LogP contribution is -2.39. The summed E-state index contributed by atoms with van der Waals surface area (Å²) in [5.41, 5.74) is 0. The fourth-order valence-corrected chi connectivity index (χ4v) is 0.837. The predicted octanol–water partition coefficient (Wildman–Crippen LogP) is 0.400. The van der Waals surface area contributed by atoms with Crippen molar-refractivity contribution in [3.63, 3.8) is 0 Å². The molecule has 0 unspecified atom stereocenters.